The van der Waals surface area contributed by atoms with Gasteiger partial charge in [0.05, 0.1) is 16.7 Å². The Morgan fingerprint density at radius 2 is 1.56 bits per heavy atom. The topological polar surface area (TPSA) is 66.4 Å². The summed E-state index contributed by atoms with van der Waals surface area (Å²) >= 11 is 0. The van der Waals surface area contributed by atoms with Crippen molar-refractivity contribution in [1.29, 1.82) is 0 Å². The summed E-state index contributed by atoms with van der Waals surface area (Å²) < 4.78 is 28.5. The molecule has 0 spiro atoms. The molecule has 0 radical (unpaired) electrons. The molecule has 1 saturated carbocycles. The molecular formula is C27H25NO3S. The van der Waals surface area contributed by atoms with E-state index in [0.717, 1.165) is 12.0 Å². The second kappa shape index (κ2) is 8.08. The number of aliphatic hydroxyl groups excluding tert-OH is 1. The molecule has 0 aliphatic heterocycles. The van der Waals surface area contributed by atoms with Crippen molar-refractivity contribution in [3.05, 3.63) is 108 Å². The number of benzene rings is 4. The highest BCUT2D eigenvalue weighted by Gasteiger charge is 2.44. The summed E-state index contributed by atoms with van der Waals surface area (Å²) in [6, 6.07) is 28.5. The number of rotatable bonds is 6. The van der Waals surface area contributed by atoms with Crippen LogP contribution in [0.1, 0.15) is 35.1 Å². The summed E-state index contributed by atoms with van der Waals surface area (Å²) in [5.74, 6) is 0.317. The Morgan fingerprint density at radius 1 is 0.875 bits per heavy atom. The first-order valence-electron chi connectivity index (χ1n) is 10.8. The first kappa shape index (κ1) is 20.7. The Labute approximate surface area is 188 Å². The lowest BCUT2D eigenvalue weighted by Gasteiger charge is -2.17. The number of para-hydroxylation sites is 1. The summed E-state index contributed by atoms with van der Waals surface area (Å²) in [6.45, 7) is 1.91. The van der Waals surface area contributed by atoms with Crippen LogP contribution in [-0.2, 0) is 10.0 Å². The average molecular weight is 444 g/mol. The van der Waals surface area contributed by atoms with Gasteiger partial charge in [0.25, 0.3) is 10.0 Å². The molecule has 5 rings (SSSR count). The lowest BCUT2D eigenvalue weighted by Crippen LogP contribution is -2.15. The molecular weight excluding hydrogens is 418 g/mol. The zero-order valence-electron chi connectivity index (χ0n) is 17.8. The van der Waals surface area contributed by atoms with Crippen molar-refractivity contribution in [2.24, 2.45) is 5.92 Å². The van der Waals surface area contributed by atoms with Gasteiger partial charge in [-0.1, -0.05) is 78.4 Å². The van der Waals surface area contributed by atoms with Crippen molar-refractivity contribution < 1.29 is 13.5 Å². The number of sulfonamides is 1. The van der Waals surface area contributed by atoms with Gasteiger partial charge in [-0.05, 0) is 59.7 Å². The van der Waals surface area contributed by atoms with Crippen LogP contribution in [0.2, 0.25) is 0 Å². The third kappa shape index (κ3) is 4.01. The zero-order valence-corrected chi connectivity index (χ0v) is 18.6. The van der Waals surface area contributed by atoms with Gasteiger partial charge in [0.15, 0.2) is 0 Å². The van der Waals surface area contributed by atoms with E-state index in [-0.39, 0.29) is 16.7 Å². The van der Waals surface area contributed by atoms with Gasteiger partial charge in [-0.3, -0.25) is 4.72 Å². The number of hydrogen-bond acceptors (Lipinski definition) is 3. The molecule has 1 aliphatic carbocycles. The molecule has 1 aliphatic rings. The number of nitrogens with one attached hydrogen (secondary N) is 1. The maximum Gasteiger partial charge on any atom is 0.261 e. The number of fused-ring (bicyclic) bond motifs is 1. The van der Waals surface area contributed by atoms with Crippen molar-refractivity contribution in [3.8, 4) is 0 Å². The summed E-state index contributed by atoms with van der Waals surface area (Å²) in [6.07, 6.45) is 0.127. The van der Waals surface area contributed by atoms with Crippen LogP contribution in [-0.4, -0.2) is 13.5 Å². The predicted octanol–water partition coefficient (Wildman–Crippen LogP) is 5.79. The molecule has 5 heteroatoms. The van der Waals surface area contributed by atoms with Crippen LogP contribution in [0.3, 0.4) is 0 Å². The molecule has 0 saturated heterocycles. The second-order valence-corrected chi connectivity index (χ2v) is 10.2. The first-order chi connectivity index (χ1) is 15.4. The standard InChI is InChI=1S/C27H25NO3S/c1-18-10-14-22(15-11-18)32(30,31)28-26-9-5-4-8-23(26)27(29)25-17-24(25)21-13-12-19-6-2-3-7-20(19)16-21/h2-16,24-25,27-29H,17H2,1H3. The molecule has 4 nitrogen and oxygen atoms in total. The van der Waals surface area contributed by atoms with E-state index in [9.17, 15) is 13.5 Å². The fraction of sp³-hybridized carbons (Fsp3) is 0.185. The lowest BCUT2D eigenvalue weighted by atomic mass is 9.98. The highest BCUT2D eigenvalue weighted by molar-refractivity contribution is 7.92. The summed E-state index contributed by atoms with van der Waals surface area (Å²) in [4.78, 5) is 0.202. The van der Waals surface area contributed by atoms with E-state index in [4.69, 9.17) is 0 Å². The Bertz CT molecular complexity index is 1380. The molecule has 3 atom stereocenters. The van der Waals surface area contributed by atoms with Gasteiger partial charge in [-0.15, -0.1) is 0 Å². The molecule has 0 aromatic heterocycles. The fourth-order valence-electron chi connectivity index (χ4n) is 4.38. The van der Waals surface area contributed by atoms with Gasteiger partial charge in [-0.2, -0.15) is 0 Å². The normalized spacial score (nSPS) is 18.9. The van der Waals surface area contributed by atoms with E-state index >= 15 is 0 Å². The molecule has 3 unspecified atom stereocenters. The Morgan fingerprint density at radius 3 is 2.34 bits per heavy atom. The van der Waals surface area contributed by atoms with Gasteiger partial charge in [0.1, 0.15) is 0 Å². The third-order valence-corrected chi connectivity index (χ3v) is 7.68. The average Bonchev–Trinajstić information content (AvgIpc) is 3.60. The van der Waals surface area contributed by atoms with Crippen LogP contribution < -0.4 is 4.72 Å². The quantitative estimate of drug-likeness (QED) is 0.397. The van der Waals surface area contributed by atoms with Gasteiger partial charge in [-0.25, -0.2) is 8.42 Å². The SMILES string of the molecule is Cc1ccc(S(=O)(=O)Nc2ccccc2C(O)C2CC2c2ccc3ccccc3c2)cc1. The number of hydrogen-bond donors (Lipinski definition) is 2. The molecule has 0 bridgehead atoms. The molecule has 162 valence electrons. The number of anilines is 1. The van der Waals surface area contributed by atoms with Gasteiger partial charge in [0, 0.05) is 5.56 Å². The Hall–Kier alpha value is -3.15. The minimum atomic E-state index is -3.74. The number of aryl methyl sites for hydroxylation is 1. The van der Waals surface area contributed by atoms with Gasteiger partial charge in [0.2, 0.25) is 0 Å². The molecule has 0 amide bonds. The highest BCUT2D eigenvalue weighted by Crippen LogP contribution is 2.55. The van der Waals surface area contributed by atoms with Crippen LogP contribution in [0.5, 0.6) is 0 Å². The highest BCUT2D eigenvalue weighted by atomic mass is 32.2. The van der Waals surface area contributed by atoms with Gasteiger partial charge < -0.3 is 5.11 Å². The molecule has 1 fully saturated rings. The van der Waals surface area contributed by atoms with Crippen molar-refractivity contribution in [1.82, 2.24) is 0 Å². The maximum atomic E-state index is 12.9. The summed E-state index contributed by atoms with van der Waals surface area (Å²) in [5.41, 5.74) is 3.24. The van der Waals surface area contributed by atoms with Crippen molar-refractivity contribution >= 4 is 26.5 Å². The molecule has 2 N–H and O–H groups in total. The monoisotopic (exact) mass is 443 g/mol. The summed E-state index contributed by atoms with van der Waals surface area (Å²) in [5, 5.41) is 13.5. The van der Waals surface area contributed by atoms with Crippen LogP contribution in [0.25, 0.3) is 10.8 Å². The molecule has 4 aromatic carbocycles. The van der Waals surface area contributed by atoms with E-state index in [1.807, 2.05) is 25.1 Å². The molecule has 0 heterocycles. The maximum absolute atomic E-state index is 12.9. The van der Waals surface area contributed by atoms with Crippen molar-refractivity contribution in [2.75, 3.05) is 4.72 Å². The Kier molecular flexibility index (Phi) is 5.24. The fourth-order valence-corrected chi connectivity index (χ4v) is 5.47. The first-order valence-corrected chi connectivity index (χ1v) is 12.3. The number of aliphatic hydroxyl groups is 1. The van der Waals surface area contributed by atoms with Crippen molar-refractivity contribution in [2.45, 2.75) is 30.3 Å². The smallest absolute Gasteiger partial charge is 0.261 e. The van der Waals surface area contributed by atoms with E-state index in [1.165, 1.54) is 16.3 Å². The van der Waals surface area contributed by atoms with Crippen LogP contribution >= 0.6 is 0 Å². The predicted molar refractivity (Wildman–Crippen MR) is 128 cm³/mol. The van der Waals surface area contributed by atoms with Crippen LogP contribution in [0.15, 0.2) is 95.9 Å². The van der Waals surface area contributed by atoms with E-state index in [2.05, 4.69) is 35.1 Å². The lowest BCUT2D eigenvalue weighted by molar-refractivity contribution is 0.152. The van der Waals surface area contributed by atoms with E-state index in [1.54, 1.807) is 42.5 Å². The van der Waals surface area contributed by atoms with Crippen LogP contribution in [0, 0.1) is 12.8 Å². The van der Waals surface area contributed by atoms with Crippen LogP contribution in [0.4, 0.5) is 5.69 Å². The minimum absolute atomic E-state index is 0.0567. The van der Waals surface area contributed by atoms with Gasteiger partial charge >= 0.3 is 0 Å². The van der Waals surface area contributed by atoms with E-state index < -0.39 is 16.1 Å². The second-order valence-electron chi connectivity index (χ2n) is 8.56. The third-order valence-electron chi connectivity index (χ3n) is 6.30. The Balaban J connectivity index is 1.38. The molecule has 32 heavy (non-hydrogen) atoms. The molecule has 4 aromatic rings. The largest absolute Gasteiger partial charge is 0.388 e. The summed E-state index contributed by atoms with van der Waals surface area (Å²) in [7, 11) is -3.74. The van der Waals surface area contributed by atoms with Crippen molar-refractivity contribution in [3.63, 3.8) is 0 Å². The minimum Gasteiger partial charge on any atom is -0.388 e. The van der Waals surface area contributed by atoms with E-state index in [0.29, 0.717) is 11.3 Å². The zero-order chi connectivity index (χ0) is 22.3.